The molecule has 1 fully saturated rings. The molecule has 4 nitrogen and oxygen atoms in total. The topological polar surface area (TPSA) is 63.4 Å². The van der Waals surface area contributed by atoms with Crippen molar-refractivity contribution >= 4 is 11.8 Å². The quantitative estimate of drug-likeness (QED) is 0.596. The van der Waals surface area contributed by atoms with E-state index in [1.54, 1.807) is 0 Å². The van der Waals surface area contributed by atoms with Crippen molar-refractivity contribution in [3.8, 4) is 0 Å². The first-order chi connectivity index (χ1) is 5.75. The molecule has 0 radical (unpaired) electrons. The minimum atomic E-state index is -0.248. The first-order valence-electron chi connectivity index (χ1n) is 4.29. The minimum absolute atomic E-state index is 0.0638. The molecule has 0 aliphatic carbocycles. The maximum absolute atomic E-state index is 11.3. The zero-order chi connectivity index (χ0) is 8.97. The summed E-state index contributed by atoms with van der Waals surface area (Å²) >= 11 is 0. The molecule has 2 amide bonds. The van der Waals surface area contributed by atoms with Crippen molar-refractivity contribution < 1.29 is 9.59 Å². The van der Waals surface area contributed by atoms with E-state index < -0.39 is 0 Å². The number of amides is 2. The number of likely N-dealkylation sites (tertiary alicyclic amines) is 1. The lowest BCUT2D eigenvalue weighted by atomic mass is 10.2. The van der Waals surface area contributed by atoms with Crippen molar-refractivity contribution in [3.05, 3.63) is 0 Å². The third-order valence-corrected chi connectivity index (χ3v) is 2.05. The Morgan fingerprint density at radius 1 is 1.42 bits per heavy atom. The molecular weight excluding hydrogens is 156 g/mol. The minimum Gasteiger partial charge on any atom is -0.322 e. The molecule has 1 rings (SSSR count). The second kappa shape index (κ2) is 4.21. The Kier molecular flexibility index (Phi) is 3.22. The van der Waals surface area contributed by atoms with Crippen molar-refractivity contribution in [1.82, 2.24) is 4.90 Å². The van der Waals surface area contributed by atoms with Gasteiger partial charge in [-0.1, -0.05) is 6.42 Å². The molecule has 0 saturated carbocycles. The smallest absolute Gasteiger partial charge is 0.242 e. The zero-order valence-electron chi connectivity index (χ0n) is 7.08. The molecular formula is C8H14N2O2. The van der Waals surface area contributed by atoms with Gasteiger partial charge in [0.05, 0.1) is 6.54 Å². The van der Waals surface area contributed by atoms with Crippen LogP contribution in [-0.2, 0) is 9.59 Å². The summed E-state index contributed by atoms with van der Waals surface area (Å²) in [4.78, 5) is 23.7. The second-order valence-electron chi connectivity index (χ2n) is 2.95. The Bertz CT molecular complexity index is 191. The van der Waals surface area contributed by atoms with Crippen LogP contribution in [0.4, 0.5) is 0 Å². The number of nitrogens with two attached hydrogens (primary N) is 1. The molecule has 68 valence electrons. The Labute approximate surface area is 71.7 Å². The highest BCUT2D eigenvalue weighted by Gasteiger charge is 2.21. The molecule has 1 saturated heterocycles. The van der Waals surface area contributed by atoms with E-state index in [4.69, 9.17) is 5.73 Å². The third kappa shape index (κ3) is 2.04. The molecule has 0 bridgehead atoms. The van der Waals surface area contributed by atoms with Crippen LogP contribution in [0.5, 0.6) is 0 Å². The van der Waals surface area contributed by atoms with Gasteiger partial charge >= 0.3 is 0 Å². The SMILES string of the molecule is NCC(=O)N1CCCCCC1=O. The normalized spacial score (nSPS) is 19.1. The summed E-state index contributed by atoms with van der Waals surface area (Å²) in [6.45, 7) is 0.487. The van der Waals surface area contributed by atoms with Crippen LogP contribution >= 0.6 is 0 Å². The van der Waals surface area contributed by atoms with E-state index in [9.17, 15) is 9.59 Å². The van der Waals surface area contributed by atoms with Crippen LogP contribution in [0.15, 0.2) is 0 Å². The van der Waals surface area contributed by atoms with Gasteiger partial charge in [-0.3, -0.25) is 14.5 Å². The fraction of sp³-hybridized carbons (Fsp3) is 0.750. The average molecular weight is 170 g/mol. The van der Waals surface area contributed by atoms with Crippen molar-refractivity contribution in [2.45, 2.75) is 25.7 Å². The first kappa shape index (κ1) is 9.19. The van der Waals surface area contributed by atoms with Gasteiger partial charge in [0.15, 0.2) is 0 Å². The summed E-state index contributed by atoms with van der Waals surface area (Å²) < 4.78 is 0. The van der Waals surface area contributed by atoms with E-state index in [2.05, 4.69) is 0 Å². The lowest BCUT2D eigenvalue weighted by molar-refractivity contribution is -0.143. The van der Waals surface area contributed by atoms with Crippen LogP contribution in [0.1, 0.15) is 25.7 Å². The third-order valence-electron chi connectivity index (χ3n) is 2.05. The van der Waals surface area contributed by atoms with Crippen molar-refractivity contribution in [1.29, 1.82) is 0 Å². The van der Waals surface area contributed by atoms with E-state index in [0.29, 0.717) is 13.0 Å². The highest BCUT2D eigenvalue weighted by Crippen LogP contribution is 2.10. The molecule has 1 heterocycles. The van der Waals surface area contributed by atoms with Gasteiger partial charge < -0.3 is 5.73 Å². The van der Waals surface area contributed by atoms with Crippen LogP contribution in [0.3, 0.4) is 0 Å². The number of hydrogen-bond donors (Lipinski definition) is 1. The van der Waals surface area contributed by atoms with Crippen LogP contribution < -0.4 is 5.73 Å². The standard InChI is InChI=1S/C8H14N2O2/c9-6-8(12)10-5-3-1-2-4-7(10)11/h1-6,9H2. The average Bonchev–Trinajstić information content (AvgIpc) is 2.28. The maximum atomic E-state index is 11.3. The number of carbonyl (C=O) groups excluding carboxylic acids is 2. The monoisotopic (exact) mass is 170 g/mol. The van der Waals surface area contributed by atoms with Gasteiger partial charge in [-0.05, 0) is 12.8 Å². The summed E-state index contributed by atoms with van der Waals surface area (Å²) in [5.74, 6) is -0.315. The Balaban J connectivity index is 2.59. The Morgan fingerprint density at radius 2 is 2.17 bits per heavy atom. The predicted octanol–water partition coefficient (Wildman–Crippen LogP) is -0.126. The Hall–Kier alpha value is -0.900. The predicted molar refractivity (Wildman–Crippen MR) is 44.2 cm³/mol. The summed E-state index contributed by atoms with van der Waals surface area (Å²) in [5, 5.41) is 0. The lowest BCUT2D eigenvalue weighted by Crippen LogP contribution is -2.40. The highest BCUT2D eigenvalue weighted by molar-refractivity contribution is 5.96. The molecule has 12 heavy (non-hydrogen) atoms. The van der Waals surface area contributed by atoms with Gasteiger partial charge in [0, 0.05) is 13.0 Å². The molecule has 1 aliphatic heterocycles. The fourth-order valence-electron chi connectivity index (χ4n) is 1.36. The number of hydrogen-bond acceptors (Lipinski definition) is 3. The maximum Gasteiger partial charge on any atom is 0.242 e. The molecule has 0 spiro atoms. The van der Waals surface area contributed by atoms with Crippen molar-refractivity contribution in [2.75, 3.05) is 13.1 Å². The van der Waals surface area contributed by atoms with Gasteiger partial charge in [-0.25, -0.2) is 0 Å². The Morgan fingerprint density at radius 3 is 2.83 bits per heavy atom. The van der Waals surface area contributed by atoms with Crippen molar-refractivity contribution in [2.24, 2.45) is 5.73 Å². The molecule has 0 aromatic heterocycles. The zero-order valence-corrected chi connectivity index (χ0v) is 7.08. The largest absolute Gasteiger partial charge is 0.322 e. The number of imide groups is 1. The molecule has 0 aromatic carbocycles. The second-order valence-corrected chi connectivity index (χ2v) is 2.95. The van der Waals surface area contributed by atoms with Crippen LogP contribution in [0.2, 0.25) is 0 Å². The molecule has 2 N–H and O–H groups in total. The van der Waals surface area contributed by atoms with Gasteiger partial charge in [0.2, 0.25) is 11.8 Å². The van der Waals surface area contributed by atoms with Crippen LogP contribution in [0, 0.1) is 0 Å². The lowest BCUT2D eigenvalue weighted by Gasteiger charge is -2.16. The molecule has 0 unspecified atom stereocenters. The van der Waals surface area contributed by atoms with Gasteiger partial charge in [-0.15, -0.1) is 0 Å². The van der Waals surface area contributed by atoms with Gasteiger partial charge in [-0.2, -0.15) is 0 Å². The fourth-order valence-corrected chi connectivity index (χ4v) is 1.36. The van der Waals surface area contributed by atoms with E-state index in [1.807, 2.05) is 0 Å². The summed E-state index contributed by atoms with van der Waals surface area (Å²) in [7, 11) is 0. The molecule has 0 atom stereocenters. The number of rotatable bonds is 1. The van der Waals surface area contributed by atoms with E-state index in [-0.39, 0.29) is 18.4 Å². The summed E-state index contributed by atoms with van der Waals surface area (Å²) in [6, 6.07) is 0. The summed E-state index contributed by atoms with van der Waals surface area (Å²) in [6.07, 6.45) is 3.33. The number of carbonyl (C=O) groups is 2. The highest BCUT2D eigenvalue weighted by atomic mass is 16.2. The van der Waals surface area contributed by atoms with Crippen LogP contribution in [-0.4, -0.2) is 29.8 Å². The van der Waals surface area contributed by atoms with Crippen LogP contribution in [0.25, 0.3) is 0 Å². The molecule has 1 aliphatic rings. The van der Waals surface area contributed by atoms with E-state index >= 15 is 0 Å². The van der Waals surface area contributed by atoms with Gasteiger partial charge in [0.25, 0.3) is 0 Å². The molecule has 0 aromatic rings. The first-order valence-corrected chi connectivity index (χ1v) is 4.29. The number of nitrogens with zero attached hydrogens (tertiary/aromatic N) is 1. The van der Waals surface area contributed by atoms with Gasteiger partial charge in [0.1, 0.15) is 0 Å². The van der Waals surface area contributed by atoms with E-state index in [0.717, 1.165) is 19.3 Å². The molecule has 4 heteroatoms. The van der Waals surface area contributed by atoms with E-state index in [1.165, 1.54) is 4.90 Å². The summed E-state index contributed by atoms with van der Waals surface area (Å²) in [5.41, 5.74) is 5.17. The van der Waals surface area contributed by atoms with Crippen molar-refractivity contribution in [3.63, 3.8) is 0 Å².